The van der Waals surface area contributed by atoms with Crippen molar-refractivity contribution >= 4 is 18.5 Å². The highest BCUT2D eigenvalue weighted by molar-refractivity contribution is 5.93. The van der Waals surface area contributed by atoms with Crippen LogP contribution in [0.1, 0.15) is 29.8 Å². The Balaban J connectivity index is 2.95. The van der Waals surface area contributed by atoms with Gasteiger partial charge < -0.3 is 5.11 Å². The van der Waals surface area contributed by atoms with Crippen LogP contribution >= 0.6 is 0 Å². The van der Waals surface area contributed by atoms with Gasteiger partial charge in [0.15, 0.2) is 6.29 Å². The van der Waals surface area contributed by atoms with Crippen LogP contribution < -0.4 is 0 Å². The molecule has 0 unspecified atom stereocenters. The SMILES string of the molecule is CC(C)[C@H](N=Cc1ccccc1C=O)C(=O)O. The molecule has 1 atom stereocenters. The Kier molecular flexibility index (Phi) is 4.57. The standard InChI is InChI=1S/C13H15NO3/c1-9(2)12(13(16)17)14-7-10-5-3-4-6-11(10)8-15/h3-9,12H,1-2H3,(H,16,17)/t12-/m0/s1. The lowest BCUT2D eigenvalue weighted by molar-refractivity contribution is -0.139. The van der Waals surface area contributed by atoms with Gasteiger partial charge in [-0.05, 0) is 5.92 Å². The fraction of sp³-hybridized carbons (Fsp3) is 0.308. The zero-order valence-electron chi connectivity index (χ0n) is 9.83. The maximum Gasteiger partial charge on any atom is 0.328 e. The number of benzene rings is 1. The minimum absolute atomic E-state index is 0.0906. The minimum atomic E-state index is -0.958. The molecule has 17 heavy (non-hydrogen) atoms. The van der Waals surface area contributed by atoms with Crippen molar-refractivity contribution in [2.75, 3.05) is 0 Å². The molecule has 1 aromatic carbocycles. The maximum absolute atomic E-state index is 10.9. The van der Waals surface area contributed by atoms with Gasteiger partial charge in [-0.25, -0.2) is 4.79 Å². The van der Waals surface area contributed by atoms with Gasteiger partial charge in [-0.3, -0.25) is 9.79 Å². The molecule has 1 aromatic rings. The van der Waals surface area contributed by atoms with Gasteiger partial charge >= 0.3 is 5.97 Å². The largest absolute Gasteiger partial charge is 0.480 e. The average molecular weight is 233 g/mol. The highest BCUT2D eigenvalue weighted by Crippen LogP contribution is 2.08. The van der Waals surface area contributed by atoms with Crippen LogP contribution in [0.3, 0.4) is 0 Å². The van der Waals surface area contributed by atoms with Crippen molar-refractivity contribution in [3.05, 3.63) is 35.4 Å². The number of carboxylic acids is 1. The predicted octanol–water partition coefficient (Wildman–Crippen LogP) is 2.03. The van der Waals surface area contributed by atoms with E-state index in [-0.39, 0.29) is 5.92 Å². The first kappa shape index (κ1) is 13.1. The molecule has 1 rings (SSSR count). The third-order valence-electron chi connectivity index (χ3n) is 2.38. The molecule has 0 radical (unpaired) electrons. The van der Waals surface area contributed by atoms with Gasteiger partial charge in [-0.15, -0.1) is 0 Å². The molecule has 0 spiro atoms. The molecular weight excluding hydrogens is 218 g/mol. The van der Waals surface area contributed by atoms with Crippen molar-refractivity contribution in [3.63, 3.8) is 0 Å². The lowest BCUT2D eigenvalue weighted by Crippen LogP contribution is -2.24. The van der Waals surface area contributed by atoms with Crippen LogP contribution in [0.5, 0.6) is 0 Å². The van der Waals surface area contributed by atoms with Crippen molar-refractivity contribution in [2.24, 2.45) is 10.9 Å². The Morgan fingerprint density at radius 1 is 1.29 bits per heavy atom. The number of aliphatic imine (C=N–C) groups is 1. The number of carboxylic acid groups (broad SMARTS) is 1. The summed E-state index contributed by atoms with van der Waals surface area (Å²) in [4.78, 5) is 25.7. The first-order valence-electron chi connectivity index (χ1n) is 5.36. The third kappa shape index (κ3) is 3.52. The number of rotatable bonds is 5. The number of aliphatic carboxylic acids is 1. The molecular formula is C13H15NO3. The summed E-state index contributed by atoms with van der Waals surface area (Å²) in [7, 11) is 0. The third-order valence-corrected chi connectivity index (χ3v) is 2.38. The Hall–Kier alpha value is -1.97. The van der Waals surface area contributed by atoms with E-state index in [0.717, 1.165) is 6.29 Å². The normalized spacial score (nSPS) is 12.9. The van der Waals surface area contributed by atoms with E-state index in [1.54, 1.807) is 38.1 Å². The van der Waals surface area contributed by atoms with Crippen molar-refractivity contribution in [2.45, 2.75) is 19.9 Å². The summed E-state index contributed by atoms with van der Waals surface area (Å²) in [5, 5.41) is 8.96. The fourth-order valence-corrected chi connectivity index (χ4v) is 1.42. The molecule has 0 fully saturated rings. The molecule has 4 nitrogen and oxygen atoms in total. The van der Waals surface area contributed by atoms with Gasteiger partial charge in [0.1, 0.15) is 6.04 Å². The molecule has 0 aliphatic heterocycles. The highest BCUT2D eigenvalue weighted by Gasteiger charge is 2.19. The molecule has 90 valence electrons. The van der Waals surface area contributed by atoms with Crippen LogP contribution in [-0.4, -0.2) is 29.6 Å². The average Bonchev–Trinajstić information content (AvgIpc) is 2.29. The zero-order chi connectivity index (χ0) is 12.8. The van der Waals surface area contributed by atoms with E-state index in [0.29, 0.717) is 11.1 Å². The summed E-state index contributed by atoms with van der Waals surface area (Å²) in [6.07, 6.45) is 2.18. The lowest BCUT2D eigenvalue weighted by atomic mass is 10.1. The van der Waals surface area contributed by atoms with Crippen molar-refractivity contribution in [1.82, 2.24) is 0 Å². The molecule has 4 heteroatoms. The van der Waals surface area contributed by atoms with Gasteiger partial charge in [-0.2, -0.15) is 0 Å². The zero-order valence-corrected chi connectivity index (χ0v) is 9.83. The fourth-order valence-electron chi connectivity index (χ4n) is 1.42. The predicted molar refractivity (Wildman–Crippen MR) is 65.7 cm³/mol. The molecule has 0 aliphatic rings. The summed E-state index contributed by atoms with van der Waals surface area (Å²) >= 11 is 0. The van der Waals surface area contributed by atoms with Crippen LogP contribution in [0, 0.1) is 5.92 Å². The van der Waals surface area contributed by atoms with Crippen LogP contribution in [0.25, 0.3) is 0 Å². The monoisotopic (exact) mass is 233 g/mol. The summed E-state index contributed by atoms with van der Waals surface area (Å²) in [5.74, 6) is -1.05. The maximum atomic E-state index is 10.9. The topological polar surface area (TPSA) is 66.7 Å². The van der Waals surface area contributed by atoms with E-state index >= 15 is 0 Å². The van der Waals surface area contributed by atoms with E-state index in [1.807, 2.05) is 0 Å². The number of carbonyl (C=O) groups excluding carboxylic acids is 1. The van der Waals surface area contributed by atoms with Gasteiger partial charge in [0.2, 0.25) is 0 Å². The van der Waals surface area contributed by atoms with E-state index in [9.17, 15) is 9.59 Å². The van der Waals surface area contributed by atoms with Crippen LogP contribution in [0.15, 0.2) is 29.3 Å². The molecule has 0 saturated carbocycles. The molecule has 0 bridgehead atoms. The molecule has 1 N–H and O–H groups in total. The van der Waals surface area contributed by atoms with Gasteiger partial charge in [0, 0.05) is 17.3 Å². The summed E-state index contributed by atoms with van der Waals surface area (Å²) in [6.45, 7) is 3.59. The summed E-state index contributed by atoms with van der Waals surface area (Å²) < 4.78 is 0. The van der Waals surface area contributed by atoms with Crippen molar-refractivity contribution in [3.8, 4) is 0 Å². The molecule has 0 aromatic heterocycles. The number of hydrogen-bond acceptors (Lipinski definition) is 3. The minimum Gasteiger partial charge on any atom is -0.480 e. The summed E-state index contributed by atoms with van der Waals surface area (Å²) in [5.41, 5.74) is 1.14. The Morgan fingerprint density at radius 3 is 2.35 bits per heavy atom. The Bertz CT molecular complexity index is 438. The number of nitrogens with zero attached hydrogens (tertiary/aromatic N) is 1. The number of carbonyl (C=O) groups is 2. The van der Waals surface area contributed by atoms with Gasteiger partial charge in [0.05, 0.1) is 0 Å². The van der Waals surface area contributed by atoms with Crippen LogP contribution in [0.2, 0.25) is 0 Å². The van der Waals surface area contributed by atoms with E-state index in [4.69, 9.17) is 5.11 Å². The highest BCUT2D eigenvalue weighted by atomic mass is 16.4. The number of aldehydes is 1. The van der Waals surface area contributed by atoms with Gasteiger partial charge in [0.25, 0.3) is 0 Å². The molecule has 0 aliphatic carbocycles. The van der Waals surface area contributed by atoms with E-state index in [1.165, 1.54) is 6.21 Å². The second kappa shape index (κ2) is 5.94. The lowest BCUT2D eigenvalue weighted by Gasteiger charge is -2.10. The quantitative estimate of drug-likeness (QED) is 0.625. The second-order valence-electron chi connectivity index (χ2n) is 4.05. The Labute approximate surface area is 100.0 Å². The first-order valence-corrected chi connectivity index (χ1v) is 5.36. The number of hydrogen-bond donors (Lipinski definition) is 1. The van der Waals surface area contributed by atoms with Crippen LogP contribution in [0.4, 0.5) is 0 Å². The van der Waals surface area contributed by atoms with Crippen molar-refractivity contribution < 1.29 is 14.7 Å². The summed E-state index contributed by atoms with van der Waals surface area (Å²) in [6, 6.07) is 6.14. The van der Waals surface area contributed by atoms with Crippen LogP contribution in [-0.2, 0) is 4.79 Å². The first-order chi connectivity index (χ1) is 8.06. The van der Waals surface area contributed by atoms with E-state index in [2.05, 4.69) is 4.99 Å². The smallest absolute Gasteiger partial charge is 0.328 e. The molecule has 0 amide bonds. The van der Waals surface area contributed by atoms with Gasteiger partial charge in [-0.1, -0.05) is 38.1 Å². The second-order valence-corrected chi connectivity index (χ2v) is 4.05. The van der Waals surface area contributed by atoms with Crippen molar-refractivity contribution in [1.29, 1.82) is 0 Å². The van der Waals surface area contributed by atoms with E-state index < -0.39 is 12.0 Å². The Morgan fingerprint density at radius 2 is 1.88 bits per heavy atom. The molecule has 0 heterocycles. The molecule has 0 saturated heterocycles.